The lowest BCUT2D eigenvalue weighted by molar-refractivity contribution is 0.160. The van der Waals surface area contributed by atoms with Crippen LogP contribution in [-0.2, 0) is 6.42 Å². The molecular weight excluding hydrogens is 232 g/mol. The van der Waals surface area contributed by atoms with Crippen molar-refractivity contribution in [1.29, 1.82) is 0 Å². The van der Waals surface area contributed by atoms with Crippen molar-refractivity contribution in [2.24, 2.45) is 5.92 Å². The molecule has 1 N–H and O–H groups in total. The Kier molecular flexibility index (Phi) is 4.05. The van der Waals surface area contributed by atoms with Crippen LogP contribution >= 0.6 is 11.3 Å². The number of hydrogen-bond donors (Lipinski definition) is 1. The van der Waals surface area contributed by atoms with Crippen LogP contribution < -0.4 is 4.90 Å². The second kappa shape index (κ2) is 5.36. The third kappa shape index (κ3) is 2.80. The molecule has 1 aromatic heterocycles. The van der Waals surface area contributed by atoms with Gasteiger partial charge >= 0.3 is 0 Å². The van der Waals surface area contributed by atoms with Crippen molar-refractivity contribution >= 4 is 16.5 Å². The first-order valence-electron chi connectivity index (χ1n) is 6.50. The highest BCUT2D eigenvalue weighted by molar-refractivity contribution is 7.15. The molecular formula is C13H22N2OS. The Bertz CT molecular complexity index is 377. The number of aliphatic hydroxyl groups is 1. The van der Waals surface area contributed by atoms with Gasteiger partial charge in [-0.2, -0.15) is 0 Å². The summed E-state index contributed by atoms with van der Waals surface area (Å²) in [6, 6.07) is 0. The fourth-order valence-corrected chi connectivity index (χ4v) is 3.32. The van der Waals surface area contributed by atoms with Gasteiger partial charge in [0.2, 0.25) is 0 Å². The summed E-state index contributed by atoms with van der Waals surface area (Å²) in [6.45, 7) is 5.52. The van der Waals surface area contributed by atoms with E-state index >= 15 is 0 Å². The molecule has 1 aliphatic carbocycles. The number of aliphatic hydroxyl groups excluding tert-OH is 1. The molecule has 0 radical (unpaired) electrons. The molecule has 3 nitrogen and oxygen atoms in total. The summed E-state index contributed by atoms with van der Waals surface area (Å²) < 4.78 is 0. The highest BCUT2D eigenvalue weighted by Crippen LogP contribution is 2.37. The number of rotatable bonds is 4. The molecule has 0 amide bonds. The highest BCUT2D eigenvalue weighted by atomic mass is 32.1. The SMILES string of the molecule is CCC(C)CN(C)c1nc2c(s1)C(O)CCC2. The third-order valence-electron chi connectivity index (χ3n) is 3.52. The summed E-state index contributed by atoms with van der Waals surface area (Å²) in [6.07, 6.45) is 3.90. The molecule has 2 rings (SSSR count). The molecule has 0 aliphatic heterocycles. The Morgan fingerprint density at radius 1 is 1.59 bits per heavy atom. The van der Waals surface area contributed by atoms with Gasteiger partial charge in [-0.25, -0.2) is 4.98 Å². The van der Waals surface area contributed by atoms with E-state index in [0.717, 1.165) is 41.5 Å². The van der Waals surface area contributed by atoms with Gasteiger partial charge in [-0.05, 0) is 25.2 Å². The molecule has 0 bridgehead atoms. The van der Waals surface area contributed by atoms with Crippen LogP contribution in [0.5, 0.6) is 0 Å². The van der Waals surface area contributed by atoms with Gasteiger partial charge in [0.1, 0.15) is 0 Å². The second-order valence-corrected chi connectivity index (χ2v) is 6.12. The average Bonchev–Trinajstić information content (AvgIpc) is 2.74. The summed E-state index contributed by atoms with van der Waals surface area (Å²) in [5.74, 6) is 0.686. The van der Waals surface area contributed by atoms with E-state index in [-0.39, 0.29) is 6.10 Å². The standard InChI is InChI=1S/C13H22N2OS/c1-4-9(2)8-15(3)13-14-10-6-5-7-11(16)12(10)17-13/h9,11,16H,4-8H2,1-3H3. The summed E-state index contributed by atoms with van der Waals surface area (Å²) >= 11 is 1.67. The van der Waals surface area contributed by atoms with Gasteiger partial charge in [-0.1, -0.05) is 31.6 Å². The van der Waals surface area contributed by atoms with E-state index in [9.17, 15) is 5.11 Å². The zero-order chi connectivity index (χ0) is 12.4. The number of anilines is 1. The summed E-state index contributed by atoms with van der Waals surface area (Å²) in [7, 11) is 2.10. The predicted molar refractivity (Wildman–Crippen MR) is 72.7 cm³/mol. The lowest BCUT2D eigenvalue weighted by atomic mass is 10.0. The Labute approximate surface area is 107 Å². The van der Waals surface area contributed by atoms with Crippen molar-refractivity contribution in [3.05, 3.63) is 10.6 Å². The van der Waals surface area contributed by atoms with Crippen molar-refractivity contribution in [2.75, 3.05) is 18.5 Å². The molecule has 0 fully saturated rings. The molecule has 0 saturated heterocycles. The van der Waals surface area contributed by atoms with E-state index < -0.39 is 0 Å². The van der Waals surface area contributed by atoms with Gasteiger partial charge in [-0.3, -0.25) is 0 Å². The first-order valence-corrected chi connectivity index (χ1v) is 7.32. The molecule has 2 unspecified atom stereocenters. The van der Waals surface area contributed by atoms with Crippen LogP contribution in [-0.4, -0.2) is 23.7 Å². The van der Waals surface area contributed by atoms with Crippen LogP contribution in [0.25, 0.3) is 0 Å². The Morgan fingerprint density at radius 3 is 3.00 bits per heavy atom. The van der Waals surface area contributed by atoms with Crippen molar-refractivity contribution in [1.82, 2.24) is 4.98 Å². The fourth-order valence-electron chi connectivity index (χ4n) is 2.22. The monoisotopic (exact) mass is 254 g/mol. The zero-order valence-corrected chi connectivity index (χ0v) is 11.8. The quantitative estimate of drug-likeness (QED) is 0.897. The molecule has 0 spiro atoms. The molecule has 96 valence electrons. The number of hydrogen-bond acceptors (Lipinski definition) is 4. The van der Waals surface area contributed by atoms with E-state index in [1.54, 1.807) is 11.3 Å². The maximum absolute atomic E-state index is 9.94. The first-order chi connectivity index (χ1) is 8.11. The van der Waals surface area contributed by atoms with Gasteiger partial charge in [-0.15, -0.1) is 0 Å². The van der Waals surface area contributed by atoms with Crippen LogP contribution in [0.4, 0.5) is 5.13 Å². The smallest absolute Gasteiger partial charge is 0.185 e. The van der Waals surface area contributed by atoms with E-state index in [0.29, 0.717) is 5.92 Å². The van der Waals surface area contributed by atoms with Gasteiger partial charge in [0, 0.05) is 13.6 Å². The number of aryl methyl sites for hydroxylation is 1. The lowest BCUT2D eigenvalue weighted by Crippen LogP contribution is -2.23. The Balaban J connectivity index is 2.11. The van der Waals surface area contributed by atoms with Crippen LogP contribution in [0.3, 0.4) is 0 Å². The zero-order valence-electron chi connectivity index (χ0n) is 10.9. The van der Waals surface area contributed by atoms with E-state index in [1.807, 2.05) is 0 Å². The molecule has 17 heavy (non-hydrogen) atoms. The van der Waals surface area contributed by atoms with E-state index in [2.05, 4.69) is 30.8 Å². The third-order valence-corrected chi connectivity index (χ3v) is 4.83. The van der Waals surface area contributed by atoms with Gasteiger partial charge in [0.05, 0.1) is 16.7 Å². The molecule has 1 heterocycles. The molecule has 4 heteroatoms. The Morgan fingerprint density at radius 2 is 2.35 bits per heavy atom. The van der Waals surface area contributed by atoms with Crippen molar-refractivity contribution < 1.29 is 5.11 Å². The minimum Gasteiger partial charge on any atom is -0.388 e. The molecule has 1 aromatic rings. The Hall–Kier alpha value is -0.610. The number of thiazole rings is 1. The summed E-state index contributed by atoms with van der Waals surface area (Å²) in [4.78, 5) is 8.00. The van der Waals surface area contributed by atoms with Crippen molar-refractivity contribution in [3.8, 4) is 0 Å². The topological polar surface area (TPSA) is 36.4 Å². The highest BCUT2D eigenvalue weighted by Gasteiger charge is 2.23. The first kappa shape index (κ1) is 12.8. The predicted octanol–water partition coefficient (Wildman–Crippen LogP) is 3.00. The molecule has 1 aliphatic rings. The largest absolute Gasteiger partial charge is 0.388 e. The molecule has 0 aromatic carbocycles. The second-order valence-electron chi connectivity index (χ2n) is 5.11. The fraction of sp³-hybridized carbons (Fsp3) is 0.769. The summed E-state index contributed by atoms with van der Waals surface area (Å²) in [5.41, 5.74) is 1.12. The number of fused-ring (bicyclic) bond motifs is 1. The van der Waals surface area contributed by atoms with Crippen molar-refractivity contribution in [2.45, 2.75) is 45.6 Å². The van der Waals surface area contributed by atoms with Crippen LogP contribution in [0.15, 0.2) is 0 Å². The molecule has 0 saturated carbocycles. The minimum atomic E-state index is -0.276. The van der Waals surface area contributed by atoms with E-state index in [1.165, 1.54) is 6.42 Å². The van der Waals surface area contributed by atoms with Crippen LogP contribution in [0.1, 0.15) is 49.8 Å². The van der Waals surface area contributed by atoms with Crippen LogP contribution in [0.2, 0.25) is 0 Å². The normalized spacial score (nSPS) is 21.1. The van der Waals surface area contributed by atoms with Crippen molar-refractivity contribution in [3.63, 3.8) is 0 Å². The number of aromatic nitrogens is 1. The number of nitrogens with zero attached hydrogens (tertiary/aromatic N) is 2. The lowest BCUT2D eigenvalue weighted by Gasteiger charge is -2.19. The van der Waals surface area contributed by atoms with Crippen LogP contribution in [0, 0.1) is 5.92 Å². The average molecular weight is 254 g/mol. The minimum absolute atomic E-state index is 0.276. The van der Waals surface area contributed by atoms with Gasteiger partial charge < -0.3 is 10.0 Å². The maximum atomic E-state index is 9.94. The van der Waals surface area contributed by atoms with E-state index in [4.69, 9.17) is 0 Å². The molecule has 2 atom stereocenters. The van der Waals surface area contributed by atoms with Gasteiger partial charge in [0.15, 0.2) is 5.13 Å². The van der Waals surface area contributed by atoms with Gasteiger partial charge in [0.25, 0.3) is 0 Å². The summed E-state index contributed by atoms with van der Waals surface area (Å²) in [5, 5.41) is 11.0. The maximum Gasteiger partial charge on any atom is 0.185 e.